The Morgan fingerprint density at radius 2 is 2.21 bits per heavy atom. The molecule has 0 spiro atoms. The molecule has 3 rings (SSSR count). The molecule has 0 N–H and O–H groups in total. The Labute approximate surface area is 120 Å². The summed E-state index contributed by atoms with van der Waals surface area (Å²) in [6, 6.07) is 0. The number of rotatable bonds is 0. The summed E-state index contributed by atoms with van der Waals surface area (Å²) in [7, 11) is 0. The van der Waals surface area contributed by atoms with Crippen molar-refractivity contribution in [3.63, 3.8) is 0 Å². The molecule has 0 radical (unpaired) electrons. The molecule has 3 nitrogen and oxygen atoms in total. The molecule has 2 aliphatic heterocycles. The maximum Gasteiger partial charge on any atom is 0.334 e. The van der Waals surface area contributed by atoms with E-state index in [1.54, 1.807) is 0 Å². The van der Waals surface area contributed by atoms with Crippen molar-refractivity contribution < 1.29 is 14.3 Å². The molecule has 0 amide bonds. The summed E-state index contributed by atoms with van der Waals surface area (Å²) in [6.45, 7) is 8.17. The lowest BCUT2D eigenvalue weighted by Gasteiger charge is -2.19. The Bertz CT molecular complexity index is 443. The first-order valence-electron chi connectivity index (χ1n) is 6.74. The predicted octanol–water partition coefficient (Wildman–Crippen LogP) is 3.18. The fraction of sp³-hybridized carbons (Fsp3) is 0.667. The lowest BCUT2D eigenvalue weighted by atomic mass is 9.84. The molecular weight excluding hydrogens is 264 g/mol. The number of carbonyl (C=O) groups is 1. The van der Waals surface area contributed by atoms with Crippen molar-refractivity contribution in [3.8, 4) is 0 Å². The lowest BCUT2D eigenvalue weighted by molar-refractivity contribution is -0.140. The first kappa shape index (κ1) is 14.6. The summed E-state index contributed by atoms with van der Waals surface area (Å²) in [5, 5.41) is 0. The van der Waals surface area contributed by atoms with Gasteiger partial charge in [0.15, 0.2) is 0 Å². The number of esters is 1. The topological polar surface area (TPSA) is 38.8 Å². The number of halogens is 1. The number of allylic oxidation sites excluding steroid dienone is 2. The molecule has 2 saturated heterocycles. The van der Waals surface area contributed by atoms with Gasteiger partial charge in [0.05, 0.1) is 5.60 Å². The van der Waals surface area contributed by atoms with Gasteiger partial charge in [-0.1, -0.05) is 18.2 Å². The highest BCUT2D eigenvalue weighted by atomic mass is 35.5. The Morgan fingerprint density at radius 3 is 2.95 bits per heavy atom. The number of epoxide rings is 1. The highest BCUT2D eigenvalue weighted by molar-refractivity contribution is 5.91. The van der Waals surface area contributed by atoms with Crippen LogP contribution < -0.4 is 0 Å². The van der Waals surface area contributed by atoms with Crippen LogP contribution >= 0.6 is 12.4 Å². The van der Waals surface area contributed by atoms with E-state index in [4.69, 9.17) is 9.47 Å². The molecule has 0 saturated carbocycles. The van der Waals surface area contributed by atoms with Gasteiger partial charge in [0.2, 0.25) is 0 Å². The molecule has 0 aromatic heterocycles. The molecule has 0 aromatic rings. The number of carbonyl (C=O) groups excluding carboxylic acids is 1. The lowest BCUT2D eigenvalue weighted by Crippen LogP contribution is -2.28. The van der Waals surface area contributed by atoms with Crippen LogP contribution in [0, 0.1) is 5.92 Å². The Kier molecular flexibility index (Phi) is 3.80. The van der Waals surface area contributed by atoms with Gasteiger partial charge in [-0.25, -0.2) is 4.79 Å². The van der Waals surface area contributed by atoms with E-state index in [0.29, 0.717) is 5.57 Å². The van der Waals surface area contributed by atoms with Gasteiger partial charge in [-0.3, -0.25) is 0 Å². The molecule has 0 bridgehead atoms. The molecule has 4 atom stereocenters. The summed E-state index contributed by atoms with van der Waals surface area (Å²) in [5.41, 5.74) is 1.91. The summed E-state index contributed by atoms with van der Waals surface area (Å²) in [5.74, 6) is -0.102. The van der Waals surface area contributed by atoms with Crippen LogP contribution in [0.25, 0.3) is 0 Å². The second-order valence-electron chi connectivity index (χ2n) is 5.98. The molecule has 2 fully saturated rings. The highest BCUT2D eigenvalue weighted by Crippen LogP contribution is 2.49. The monoisotopic (exact) mass is 284 g/mol. The molecule has 19 heavy (non-hydrogen) atoms. The molecule has 106 valence electrons. The Morgan fingerprint density at radius 1 is 1.47 bits per heavy atom. The number of hydrogen-bond donors (Lipinski definition) is 0. The third-order valence-corrected chi connectivity index (χ3v) is 4.57. The zero-order valence-electron chi connectivity index (χ0n) is 11.5. The first-order valence-corrected chi connectivity index (χ1v) is 6.74. The van der Waals surface area contributed by atoms with Gasteiger partial charge in [-0.2, -0.15) is 0 Å². The average molecular weight is 285 g/mol. The van der Waals surface area contributed by atoms with Crippen LogP contribution in [-0.2, 0) is 14.3 Å². The quantitative estimate of drug-likeness (QED) is 0.297. The van der Waals surface area contributed by atoms with Gasteiger partial charge in [-0.05, 0) is 39.5 Å². The van der Waals surface area contributed by atoms with E-state index < -0.39 is 0 Å². The van der Waals surface area contributed by atoms with Crippen LogP contribution in [0.4, 0.5) is 0 Å². The highest BCUT2D eigenvalue weighted by Gasteiger charge is 2.61. The zero-order chi connectivity index (χ0) is 12.9. The minimum Gasteiger partial charge on any atom is -0.455 e. The van der Waals surface area contributed by atoms with Crippen LogP contribution in [0.1, 0.15) is 39.5 Å². The smallest absolute Gasteiger partial charge is 0.334 e. The largest absolute Gasteiger partial charge is 0.455 e. The van der Waals surface area contributed by atoms with Crippen molar-refractivity contribution in [1.82, 2.24) is 0 Å². The third kappa shape index (κ3) is 2.46. The van der Waals surface area contributed by atoms with Gasteiger partial charge in [0, 0.05) is 11.5 Å². The van der Waals surface area contributed by atoms with E-state index in [9.17, 15) is 4.79 Å². The van der Waals surface area contributed by atoms with Gasteiger partial charge >= 0.3 is 5.97 Å². The molecule has 2 heterocycles. The Hall–Kier alpha value is -0.800. The van der Waals surface area contributed by atoms with Crippen LogP contribution in [-0.4, -0.2) is 23.8 Å². The molecule has 1 aliphatic carbocycles. The van der Waals surface area contributed by atoms with Gasteiger partial charge in [-0.15, -0.1) is 12.4 Å². The summed E-state index contributed by atoms with van der Waals surface area (Å²) in [6.07, 6.45) is 6.25. The van der Waals surface area contributed by atoms with Gasteiger partial charge in [0.25, 0.3) is 0 Å². The maximum atomic E-state index is 11.7. The molecular formula is C15H21ClO3. The molecule has 3 aliphatic rings. The fourth-order valence-corrected chi connectivity index (χ4v) is 3.20. The molecule has 0 aromatic carbocycles. The van der Waals surface area contributed by atoms with Crippen LogP contribution in [0.15, 0.2) is 23.8 Å². The van der Waals surface area contributed by atoms with E-state index in [0.717, 1.165) is 25.7 Å². The van der Waals surface area contributed by atoms with E-state index in [1.165, 1.54) is 5.57 Å². The standard InChI is InChI=1S/C15H20O3.ClH/c1-9-5-4-8-15(3)13(18-15)12-11(7-6-9)10(2)14(16)17-12;/h5,11-13H,2,4,6-8H2,1,3H3;1H/b9-5-;/t11-,12-,13+,15+;/m0./s1. The summed E-state index contributed by atoms with van der Waals surface area (Å²) < 4.78 is 11.3. The van der Waals surface area contributed by atoms with Crippen molar-refractivity contribution in [1.29, 1.82) is 0 Å². The van der Waals surface area contributed by atoms with E-state index in [-0.39, 0.29) is 42.1 Å². The van der Waals surface area contributed by atoms with Crippen molar-refractivity contribution >= 4 is 18.4 Å². The maximum absolute atomic E-state index is 11.7. The summed E-state index contributed by atoms with van der Waals surface area (Å²) in [4.78, 5) is 11.7. The van der Waals surface area contributed by atoms with Gasteiger partial charge < -0.3 is 9.47 Å². The van der Waals surface area contributed by atoms with Crippen LogP contribution in [0.3, 0.4) is 0 Å². The first-order chi connectivity index (χ1) is 8.51. The molecule has 0 unspecified atom stereocenters. The fourth-order valence-electron chi connectivity index (χ4n) is 3.20. The normalized spacial score (nSPS) is 44.1. The van der Waals surface area contributed by atoms with Crippen molar-refractivity contribution in [2.75, 3.05) is 0 Å². The summed E-state index contributed by atoms with van der Waals surface area (Å²) >= 11 is 0. The number of ether oxygens (including phenoxy) is 2. The van der Waals surface area contributed by atoms with E-state index >= 15 is 0 Å². The van der Waals surface area contributed by atoms with Crippen molar-refractivity contribution in [2.45, 2.75) is 57.3 Å². The van der Waals surface area contributed by atoms with Crippen molar-refractivity contribution in [3.05, 3.63) is 23.8 Å². The van der Waals surface area contributed by atoms with Crippen LogP contribution in [0.2, 0.25) is 0 Å². The SMILES string of the molecule is C=C1C(=O)O[C@@H]2[C@H]3O[C@]3(C)CC/C=C(/C)CC[C@@H]12.Cl. The second kappa shape index (κ2) is 4.95. The third-order valence-electron chi connectivity index (χ3n) is 4.57. The van der Waals surface area contributed by atoms with E-state index in [1.807, 2.05) is 0 Å². The number of hydrogen-bond acceptors (Lipinski definition) is 3. The predicted molar refractivity (Wildman–Crippen MR) is 75.3 cm³/mol. The van der Waals surface area contributed by atoms with Gasteiger partial charge in [0.1, 0.15) is 12.2 Å². The van der Waals surface area contributed by atoms with Crippen LogP contribution in [0.5, 0.6) is 0 Å². The zero-order valence-corrected chi connectivity index (χ0v) is 12.3. The van der Waals surface area contributed by atoms with Crippen molar-refractivity contribution in [2.24, 2.45) is 5.92 Å². The minimum absolute atomic E-state index is 0. The van der Waals surface area contributed by atoms with E-state index in [2.05, 4.69) is 26.5 Å². The Balaban J connectivity index is 0.00000133. The average Bonchev–Trinajstić information content (AvgIpc) is 2.90. The molecule has 4 heteroatoms. The number of fused-ring (bicyclic) bond motifs is 3. The minimum atomic E-state index is -0.233. The second-order valence-corrected chi connectivity index (χ2v) is 5.98.